The fourth-order valence-corrected chi connectivity index (χ4v) is 3.48. The van der Waals surface area contributed by atoms with Crippen molar-refractivity contribution in [3.05, 3.63) is 63.0 Å². The highest BCUT2D eigenvalue weighted by Crippen LogP contribution is 2.25. The first-order valence-corrected chi connectivity index (χ1v) is 8.70. The Morgan fingerprint density at radius 1 is 1.12 bits per heavy atom. The largest absolute Gasteiger partial charge is 0.345 e. The molecule has 0 fully saturated rings. The first kappa shape index (κ1) is 17.2. The second kappa shape index (κ2) is 7.53. The Balaban J connectivity index is 1.83. The Hall–Kier alpha value is -3.60. The second-order valence-corrected chi connectivity index (χ2v) is 6.60. The lowest BCUT2D eigenvalue weighted by atomic mass is 9.98. The van der Waals surface area contributed by atoms with Crippen molar-refractivity contribution in [2.24, 2.45) is 0 Å². The molecule has 1 aromatic heterocycles. The maximum atomic E-state index is 12.5. The molecule has 0 radical (unpaired) electrons. The summed E-state index contributed by atoms with van der Waals surface area (Å²) >= 11 is 1.42. The second-order valence-electron chi connectivity index (χ2n) is 5.65. The van der Waals surface area contributed by atoms with Crippen LogP contribution < -0.4 is 5.32 Å². The smallest absolute Gasteiger partial charge is 0.264 e. The van der Waals surface area contributed by atoms with E-state index in [9.17, 15) is 4.79 Å². The van der Waals surface area contributed by atoms with E-state index in [2.05, 4.69) is 5.32 Å². The van der Waals surface area contributed by atoms with Crippen LogP contribution in [0.25, 0.3) is 0 Å². The van der Waals surface area contributed by atoms with Crippen molar-refractivity contribution in [2.75, 3.05) is 11.9 Å². The van der Waals surface area contributed by atoms with E-state index in [0.29, 0.717) is 23.7 Å². The standard InChI is InChI=1S/C19H13N5OS/c20-9-15(10-21)17(11-22)23-16-4-3-13-5-6-24(12-14(13)8-16)19(25)18-2-1-7-26-18/h1-4,7-8,23H,5-6,12H2. The van der Waals surface area contributed by atoms with Gasteiger partial charge in [-0.05, 0) is 41.1 Å². The van der Waals surface area contributed by atoms with Gasteiger partial charge in [0.25, 0.3) is 5.91 Å². The molecule has 1 aliphatic rings. The average Bonchev–Trinajstić information content (AvgIpc) is 3.21. The summed E-state index contributed by atoms with van der Waals surface area (Å²) in [5.41, 5.74) is 2.39. The molecule has 26 heavy (non-hydrogen) atoms. The summed E-state index contributed by atoms with van der Waals surface area (Å²) in [7, 11) is 0. The minimum Gasteiger partial charge on any atom is -0.345 e. The number of thiophene rings is 1. The Bertz CT molecular complexity index is 986. The van der Waals surface area contributed by atoms with E-state index < -0.39 is 0 Å². The van der Waals surface area contributed by atoms with E-state index in [-0.39, 0.29) is 17.2 Å². The van der Waals surface area contributed by atoms with Crippen LogP contribution in [0, 0.1) is 34.0 Å². The molecular weight excluding hydrogens is 346 g/mol. The van der Waals surface area contributed by atoms with Crippen LogP contribution in [-0.4, -0.2) is 17.4 Å². The molecule has 0 atom stereocenters. The minimum atomic E-state index is -0.264. The summed E-state index contributed by atoms with van der Waals surface area (Å²) in [6.45, 7) is 1.14. The molecule has 1 amide bonds. The van der Waals surface area contributed by atoms with E-state index in [1.807, 2.05) is 35.7 Å². The van der Waals surface area contributed by atoms with Gasteiger partial charge >= 0.3 is 0 Å². The van der Waals surface area contributed by atoms with E-state index >= 15 is 0 Å². The number of fused-ring (bicyclic) bond motifs is 1. The Labute approximate surface area is 154 Å². The van der Waals surface area contributed by atoms with Crippen molar-refractivity contribution in [1.82, 2.24) is 4.90 Å². The number of amides is 1. The molecule has 0 spiro atoms. The van der Waals surface area contributed by atoms with Gasteiger partial charge in [-0.15, -0.1) is 11.3 Å². The monoisotopic (exact) mass is 359 g/mol. The third kappa shape index (κ3) is 3.42. The molecular formula is C19H13N5OS. The zero-order valence-electron chi connectivity index (χ0n) is 13.7. The number of hydrogen-bond acceptors (Lipinski definition) is 6. The van der Waals surface area contributed by atoms with Crippen molar-refractivity contribution in [1.29, 1.82) is 15.8 Å². The number of carbonyl (C=O) groups excluding carboxylic acids is 1. The summed E-state index contributed by atoms with van der Waals surface area (Å²) in [5, 5.41) is 31.7. The van der Waals surface area contributed by atoms with Gasteiger partial charge in [-0.25, -0.2) is 0 Å². The predicted octanol–water partition coefficient (Wildman–Crippen LogP) is 3.18. The number of rotatable bonds is 3. The SMILES string of the molecule is N#CC(C#N)=C(C#N)Nc1ccc2c(c1)CN(C(=O)c1cccs1)CC2. The Morgan fingerprint density at radius 3 is 2.58 bits per heavy atom. The fourth-order valence-electron chi connectivity index (χ4n) is 2.79. The number of allylic oxidation sites excluding steroid dienone is 2. The maximum absolute atomic E-state index is 12.5. The number of nitrogens with one attached hydrogen (secondary N) is 1. The molecule has 0 bridgehead atoms. The molecule has 0 saturated heterocycles. The van der Waals surface area contributed by atoms with Crippen LogP contribution >= 0.6 is 11.3 Å². The quantitative estimate of drug-likeness (QED) is 0.848. The van der Waals surface area contributed by atoms with Crippen molar-refractivity contribution in [3.8, 4) is 18.2 Å². The molecule has 7 heteroatoms. The molecule has 6 nitrogen and oxygen atoms in total. The molecule has 1 N–H and O–H groups in total. The Morgan fingerprint density at radius 2 is 1.92 bits per heavy atom. The van der Waals surface area contributed by atoms with Crippen LogP contribution in [0.4, 0.5) is 5.69 Å². The lowest BCUT2D eigenvalue weighted by Crippen LogP contribution is -2.35. The van der Waals surface area contributed by atoms with E-state index in [1.54, 1.807) is 23.1 Å². The first-order valence-electron chi connectivity index (χ1n) is 7.82. The molecule has 2 heterocycles. The van der Waals surface area contributed by atoms with Gasteiger partial charge in [-0.1, -0.05) is 12.1 Å². The van der Waals surface area contributed by atoms with Gasteiger partial charge < -0.3 is 10.2 Å². The van der Waals surface area contributed by atoms with Gasteiger partial charge in [0.15, 0.2) is 5.57 Å². The average molecular weight is 359 g/mol. The van der Waals surface area contributed by atoms with Crippen LogP contribution in [0.5, 0.6) is 0 Å². The van der Waals surface area contributed by atoms with Gasteiger partial charge in [0, 0.05) is 18.8 Å². The highest BCUT2D eigenvalue weighted by Gasteiger charge is 2.22. The number of nitriles is 3. The number of benzene rings is 1. The van der Waals surface area contributed by atoms with Crippen LogP contribution in [-0.2, 0) is 13.0 Å². The van der Waals surface area contributed by atoms with Gasteiger partial charge in [-0.2, -0.15) is 15.8 Å². The molecule has 1 aromatic carbocycles. The highest BCUT2D eigenvalue weighted by molar-refractivity contribution is 7.12. The van der Waals surface area contributed by atoms with Gasteiger partial charge in [0.2, 0.25) is 0 Å². The maximum Gasteiger partial charge on any atom is 0.264 e. The van der Waals surface area contributed by atoms with Gasteiger partial charge in [0.1, 0.15) is 23.9 Å². The van der Waals surface area contributed by atoms with Crippen LogP contribution in [0.15, 0.2) is 47.0 Å². The highest BCUT2D eigenvalue weighted by atomic mass is 32.1. The van der Waals surface area contributed by atoms with Gasteiger partial charge in [-0.3, -0.25) is 4.79 Å². The molecule has 3 rings (SSSR count). The van der Waals surface area contributed by atoms with Crippen molar-refractivity contribution >= 4 is 22.9 Å². The molecule has 2 aromatic rings. The molecule has 0 aliphatic carbocycles. The molecule has 1 aliphatic heterocycles. The number of nitrogens with zero attached hydrogens (tertiary/aromatic N) is 4. The third-order valence-corrected chi connectivity index (χ3v) is 4.95. The van der Waals surface area contributed by atoms with E-state index in [4.69, 9.17) is 15.8 Å². The number of carbonyl (C=O) groups is 1. The zero-order valence-corrected chi connectivity index (χ0v) is 14.5. The fraction of sp³-hybridized carbons (Fsp3) is 0.158. The first-order chi connectivity index (χ1) is 12.7. The summed E-state index contributed by atoms with van der Waals surface area (Å²) < 4.78 is 0. The van der Waals surface area contributed by atoms with E-state index in [0.717, 1.165) is 17.5 Å². The molecule has 0 saturated carbocycles. The van der Waals surface area contributed by atoms with Crippen LogP contribution in [0.1, 0.15) is 20.8 Å². The summed E-state index contributed by atoms with van der Waals surface area (Å²) in [6, 6.07) is 14.5. The van der Waals surface area contributed by atoms with Crippen LogP contribution in [0.3, 0.4) is 0 Å². The van der Waals surface area contributed by atoms with Crippen molar-refractivity contribution < 1.29 is 4.79 Å². The van der Waals surface area contributed by atoms with E-state index in [1.165, 1.54) is 11.3 Å². The van der Waals surface area contributed by atoms with Crippen molar-refractivity contribution in [3.63, 3.8) is 0 Å². The third-order valence-electron chi connectivity index (χ3n) is 4.09. The summed E-state index contributed by atoms with van der Waals surface area (Å²) in [6.07, 6.45) is 0.759. The predicted molar refractivity (Wildman–Crippen MR) is 96.7 cm³/mol. The molecule has 126 valence electrons. The normalized spacial score (nSPS) is 12.1. The number of anilines is 1. The summed E-state index contributed by atoms with van der Waals surface area (Å²) in [4.78, 5) is 15.1. The topological polar surface area (TPSA) is 104 Å². The zero-order chi connectivity index (χ0) is 18.5. The lowest BCUT2D eigenvalue weighted by molar-refractivity contribution is 0.0739. The minimum absolute atomic E-state index is 0.0119. The van der Waals surface area contributed by atoms with Crippen molar-refractivity contribution in [2.45, 2.75) is 13.0 Å². The molecule has 0 unspecified atom stereocenters. The Kier molecular flexibility index (Phi) is 4.99. The van der Waals surface area contributed by atoms with Crippen LogP contribution in [0.2, 0.25) is 0 Å². The lowest BCUT2D eigenvalue weighted by Gasteiger charge is -2.29. The number of hydrogen-bond donors (Lipinski definition) is 1. The summed E-state index contributed by atoms with van der Waals surface area (Å²) in [5.74, 6) is 0.0119. The van der Waals surface area contributed by atoms with Gasteiger partial charge in [0.05, 0.1) is 4.88 Å².